The van der Waals surface area contributed by atoms with E-state index in [1.54, 1.807) is 26.3 Å². The lowest BCUT2D eigenvalue weighted by Crippen LogP contribution is -2.26. The Balaban J connectivity index is 1.76. The van der Waals surface area contributed by atoms with Gasteiger partial charge in [-0.1, -0.05) is 64.5 Å². The molecule has 5 nitrogen and oxygen atoms in total. The van der Waals surface area contributed by atoms with Crippen LogP contribution in [0.3, 0.4) is 0 Å². The van der Waals surface area contributed by atoms with Crippen LogP contribution in [0.5, 0.6) is 5.75 Å². The topological polar surface area (TPSA) is 66.8 Å². The van der Waals surface area contributed by atoms with Crippen molar-refractivity contribution in [3.05, 3.63) is 94.0 Å². The zero-order chi connectivity index (χ0) is 22.4. The molecule has 0 radical (unpaired) electrons. The molecule has 0 unspecified atom stereocenters. The summed E-state index contributed by atoms with van der Waals surface area (Å²) in [5.41, 5.74) is 2.86. The normalized spacial score (nSPS) is 12.7. The maximum Gasteiger partial charge on any atom is 0.243 e. The summed E-state index contributed by atoms with van der Waals surface area (Å²) in [4.78, 5) is 0.222. The molecule has 0 bridgehead atoms. The minimum Gasteiger partial charge on any atom is -0.497 e. The first-order chi connectivity index (χ1) is 14.8. The van der Waals surface area contributed by atoms with E-state index in [-0.39, 0.29) is 24.0 Å². The van der Waals surface area contributed by atoms with Gasteiger partial charge in [-0.15, -0.1) is 0 Å². The van der Waals surface area contributed by atoms with Crippen LogP contribution in [0.1, 0.15) is 22.6 Å². The lowest BCUT2D eigenvalue weighted by atomic mass is 9.93. The van der Waals surface area contributed by atoms with Crippen LogP contribution >= 0.6 is 15.9 Å². The first-order valence-electron chi connectivity index (χ1n) is 9.88. The fourth-order valence-corrected chi connectivity index (χ4v) is 5.26. The molecule has 0 heterocycles. The van der Waals surface area contributed by atoms with Crippen LogP contribution in [0.4, 0.5) is 0 Å². The van der Waals surface area contributed by atoms with Crippen molar-refractivity contribution in [2.24, 2.45) is 0 Å². The Bertz CT molecular complexity index is 1100. The van der Waals surface area contributed by atoms with Gasteiger partial charge in [0.1, 0.15) is 5.75 Å². The van der Waals surface area contributed by atoms with Crippen molar-refractivity contribution in [2.75, 3.05) is 20.8 Å². The number of nitrogens with zero attached hydrogens (tertiary/aromatic N) is 1. The Morgan fingerprint density at radius 1 is 1.03 bits per heavy atom. The number of ether oxygens (including phenoxy) is 1. The lowest BCUT2D eigenvalue weighted by Gasteiger charge is -2.19. The number of hydrogen-bond acceptors (Lipinski definition) is 4. The summed E-state index contributed by atoms with van der Waals surface area (Å²) in [6, 6.07) is 22.2. The SMILES string of the molecule is COc1ccc(CN(C)S(=O)(=O)c2ccc(C[C@@H](CO)c3ccccc3)c(Br)c2)cc1. The predicted molar refractivity (Wildman–Crippen MR) is 126 cm³/mol. The smallest absolute Gasteiger partial charge is 0.243 e. The molecule has 0 saturated carbocycles. The number of aliphatic hydroxyl groups excluding tert-OH is 1. The molecule has 164 valence electrons. The zero-order valence-electron chi connectivity index (χ0n) is 17.5. The maximum atomic E-state index is 13.1. The fourth-order valence-electron chi connectivity index (χ4n) is 3.39. The second kappa shape index (κ2) is 10.4. The van der Waals surface area contributed by atoms with Crippen molar-refractivity contribution in [1.29, 1.82) is 0 Å². The standard InChI is InChI=1S/C24H26BrNO4S/c1-26(16-18-8-11-22(30-2)12-9-18)31(28,29)23-13-10-20(24(25)15-23)14-21(17-27)19-6-4-3-5-7-19/h3-13,15,21,27H,14,16-17H2,1-2H3/t21-/m0/s1. The third-order valence-corrected chi connectivity index (χ3v) is 7.79. The van der Waals surface area contributed by atoms with Crippen LogP contribution < -0.4 is 4.74 Å². The summed E-state index contributed by atoms with van der Waals surface area (Å²) >= 11 is 3.52. The first kappa shape index (κ1) is 23.5. The summed E-state index contributed by atoms with van der Waals surface area (Å²) in [5, 5.41) is 9.84. The van der Waals surface area contributed by atoms with E-state index in [9.17, 15) is 13.5 Å². The predicted octanol–water partition coefficient (Wildman–Crippen LogP) is 4.60. The Morgan fingerprint density at radius 2 is 1.71 bits per heavy atom. The van der Waals surface area contributed by atoms with Gasteiger partial charge in [0.05, 0.1) is 18.6 Å². The highest BCUT2D eigenvalue weighted by Gasteiger charge is 2.22. The maximum absolute atomic E-state index is 13.1. The molecular formula is C24H26BrNO4S. The second-order valence-electron chi connectivity index (χ2n) is 7.36. The molecule has 3 aromatic rings. The molecule has 0 aliphatic rings. The van der Waals surface area contributed by atoms with E-state index in [1.807, 2.05) is 60.7 Å². The van der Waals surface area contributed by atoms with Gasteiger partial charge in [0.25, 0.3) is 0 Å². The summed E-state index contributed by atoms with van der Waals surface area (Å²) < 4.78 is 33.3. The summed E-state index contributed by atoms with van der Waals surface area (Å²) in [6.45, 7) is 0.271. The summed E-state index contributed by atoms with van der Waals surface area (Å²) in [7, 11) is -0.495. The summed E-state index contributed by atoms with van der Waals surface area (Å²) in [5.74, 6) is 0.670. The average Bonchev–Trinajstić information content (AvgIpc) is 2.79. The largest absolute Gasteiger partial charge is 0.497 e. The van der Waals surface area contributed by atoms with Crippen molar-refractivity contribution in [3.63, 3.8) is 0 Å². The molecule has 3 rings (SSSR count). The number of hydrogen-bond donors (Lipinski definition) is 1. The molecule has 3 aromatic carbocycles. The van der Waals surface area contributed by atoms with Crippen molar-refractivity contribution in [2.45, 2.75) is 23.8 Å². The zero-order valence-corrected chi connectivity index (χ0v) is 19.9. The molecule has 0 saturated heterocycles. The Hall–Kier alpha value is -2.19. The van der Waals surface area contributed by atoms with Crippen LogP contribution in [0.25, 0.3) is 0 Å². The Morgan fingerprint density at radius 3 is 2.29 bits per heavy atom. The van der Waals surface area contributed by atoms with E-state index in [0.717, 1.165) is 22.4 Å². The molecule has 0 spiro atoms. The van der Waals surface area contributed by atoms with E-state index < -0.39 is 10.0 Å². The Labute approximate surface area is 192 Å². The minimum absolute atomic E-state index is 0.0150. The lowest BCUT2D eigenvalue weighted by molar-refractivity contribution is 0.264. The molecule has 31 heavy (non-hydrogen) atoms. The van der Waals surface area contributed by atoms with E-state index in [1.165, 1.54) is 4.31 Å². The fraction of sp³-hybridized carbons (Fsp3) is 0.250. The van der Waals surface area contributed by atoms with Gasteiger partial charge in [0, 0.05) is 24.0 Å². The van der Waals surface area contributed by atoms with E-state index >= 15 is 0 Å². The van der Waals surface area contributed by atoms with Crippen molar-refractivity contribution in [1.82, 2.24) is 4.31 Å². The van der Waals surface area contributed by atoms with Crippen molar-refractivity contribution < 1.29 is 18.3 Å². The molecule has 0 fully saturated rings. The van der Waals surface area contributed by atoms with Crippen molar-refractivity contribution >= 4 is 26.0 Å². The van der Waals surface area contributed by atoms with Gasteiger partial charge in [-0.2, -0.15) is 4.31 Å². The third-order valence-electron chi connectivity index (χ3n) is 5.25. The first-order valence-corrected chi connectivity index (χ1v) is 12.1. The number of benzene rings is 3. The van der Waals surface area contributed by atoms with Gasteiger partial charge >= 0.3 is 0 Å². The van der Waals surface area contributed by atoms with Crippen LogP contribution in [0.15, 0.2) is 82.2 Å². The number of sulfonamides is 1. The van der Waals surface area contributed by atoms with Gasteiger partial charge in [-0.25, -0.2) is 8.42 Å². The van der Waals surface area contributed by atoms with E-state index in [0.29, 0.717) is 10.9 Å². The van der Waals surface area contributed by atoms with Crippen LogP contribution in [0, 0.1) is 0 Å². The molecule has 1 atom stereocenters. The molecule has 0 aliphatic heterocycles. The minimum atomic E-state index is -3.66. The highest BCUT2D eigenvalue weighted by Crippen LogP contribution is 2.29. The van der Waals surface area contributed by atoms with E-state index in [2.05, 4.69) is 15.9 Å². The Kier molecular flexibility index (Phi) is 7.89. The van der Waals surface area contributed by atoms with Gasteiger partial charge < -0.3 is 9.84 Å². The van der Waals surface area contributed by atoms with Gasteiger partial charge in [0.2, 0.25) is 10.0 Å². The van der Waals surface area contributed by atoms with Crippen LogP contribution in [0.2, 0.25) is 0 Å². The van der Waals surface area contributed by atoms with Crippen LogP contribution in [-0.2, 0) is 23.0 Å². The molecule has 0 aromatic heterocycles. The molecule has 0 aliphatic carbocycles. The summed E-state index contributed by atoms with van der Waals surface area (Å²) in [6.07, 6.45) is 0.600. The van der Waals surface area contributed by atoms with Gasteiger partial charge in [-0.3, -0.25) is 0 Å². The van der Waals surface area contributed by atoms with Crippen LogP contribution in [-0.4, -0.2) is 38.6 Å². The van der Waals surface area contributed by atoms with Gasteiger partial charge in [-0.05, 0) is 47.4 Å². The highest BCUT2D eigenvalue weighted by atomic mass is 79.9. The molecule has 0 amide bonds. The molecule has 1 N–H and O–H groups in total. The monoisotopic (exact) mass is 503 g/mol. The molecule has 7 heteroatoms. The number of methoxy groups -OCH3 is 1. The van der Waals surface area contributed by atoms with Gasteiger partial charge in [0.15, 0.2) is 0 Å². The number of halogens is 1. The number of aliphatic hydroxyl groups is 1. The second-order valence-corrected chi connectivity index (χ2v) is 10.3. The molecular weight excluding hydrogens is 478 g/mol. The van der Waals surface area contributed by atoms with Crippen molar-refractivity contribution in [3.8, 4) is 5.75 Å². The third kappa shape index (κ3) is 5.74. The average molecular weight is 504 g/mol. The van der Waals surface area contributed by atoms with E-state index in [4.69, 9.17) is 4.74 Å². The quantitative estimate of drug-likeness (QED) is 0.463. The highest BCUT2D eigenvalue weighted by molar-refractivity contribution is 9.10. The number of rotatable bonds is 9.